The van der Waals surface area contributed by atoms with E-state index in [1.54, 1.807) is 0 Å². The molecule has 118 valence electrons. The van der Waals surface area contributed by atoms with Gasteiger partial charge in [-0.3, -0.25) is 0 Å². The molecule has 0 aliphatic carbocycles. The molecule has 3 rings (SSSR count). The van der Waals surface area contributed by atoms with Crippen molar-refractivity contribution in [2.75, 3.05) is 5.73 Å². The zero-order valence-corrected chi connectivity index (χ0v) is 12.2. The van der Waals surface area contributed by atoms with Crippen molar-refractivity contribution in [3.63, 3.8) is 0 Å². The second kappa shape index (κ2) is 6.05. The van der Waals surface area contributed by atoms with Crippen molar-refractivity contribution in [1.29, 1.82) is 5.26 Å². The van der Waals surface area contributed by atoms with Crippen LogP contribution in [0.15, 0.2) is 48.5 Å². The number of nitrogens with zero attached hydrogens (tertiary/aromatic N) is 2. The number of nitrogens with two attached hydrogens (primary N) is 1. The Kier molecular flexibility index (Phi) is 3.92. The summed E-state index contributed by atoms with van der Waals surface area (Å²) in [5.74, 6) is -1.87. The second-order valence-electron chi connectivity index (χ2n) is 5.06. The Bertz CT molecular complexity index is 960. The van der Waals surface area contributed by atoms with E-state index in [2.05, 4.69) is 4.98 Å². The molecular formula is C18H10F3N3. The average Bonchev–Trinajstić information content (AvgIpc) is 2.57. The van der Waals surface area contributed by atoms with E-state index in [-0.39, 0.29) is 22.5 Å². The van der Waals surface area contributed by atoms with Crippen molar-refractivity contribution >= 4 is 5.82 Å². The normalized spacial score (nSPS) is 10.4. The monoisotopic (exact) mass is 325 g/mol. The molecule has 1 aromatic heterocycles. The molecule has 0 unspecified atom stereocenters. The number of nitrogen functional groups attached to an aromatic ring is 1. The molecule has 24 heavy (non-hydrogen) atoms. The van der Waals surface area contributed by atoms with Gasteiger partial charge in [-0.2, -0.15) is 5.26 Å². The lowest BCUT2D eigenvalue weighted by molar-refractivity contribution is 0.603. The number of benzene rings is 2. The Labute approximate surface area is 135 Å². The van der Waals surface area contributed by atoms with Crippen LogP contribution in [0.1, 0.15) is 5.56 Å². The minimum atomic E-state index is -0.691. The summed E-state index contributed by atoms with van der Waals surface area (Å²) in [7, 11) is 0. The lowest BCUT2D eigenvalue weighted by atomic mass is 9.98. The van der Waals surface area contributed by atoms with E-state index in [0.717, 1.165) is 18.2 Å². The fraction of sp³-hybridized carbons (Fsp3) is 0. The van der Waals surface area contributed by atoms with Crippen LogP contribution in [0.2, 0.25) is 0 Å². The smallest absolute Gasteiger partial charge is 0.142 e. The Morgan fingerprint density at radius 1 is 0.875 bits per heavy atom. The van der Waals surface area contributed by atoms with Crippen molar-refractivity contribution < 1.29 is 13.2 Å². The minimum Gasteiger partial charge on any atom is -0.383 e. The van der Waals surface area contributed by atoms with Crippen molar-refractivity contribution in [2.24, 2.45) is 0 Å². The van der Waals surface area contributed by atoms with Gasteiger partial charge in [0.15, 0.2) is 0 Å². The summed E-state index contributed by atoms with van der Waals surface area (Å²) in [6.07, 6.45) is 0. The van der Waals surface area contributed by atoms with Gasteiger partial charge in [0.1, 0.15) is 34.9 Å². The fourth-order valence-corrected chi connectivity index (χ4v) is 2.37. The summed E-state index contributed by atoms with van der Waals surface area (Å²) < 4.78 is 40.7. The molecule has 3 aromatic rings. The first-order chi connectivity index (χ1) is 11.5. The highest BCUT2D eigenvalue weighted by Gasteiger charge is 2.17. The van der Waals surface area contributed by atoms with Crippen LogP contribution in [-0.2, 0) is 0 Å². The van der Waals surface area contributed by atoms with Gasteiger partial charge < -0.3 is 5.73 Å². The maximum Gasteiger partial charge on any atom is 0.142 e. The van der Waals surface area contributed by atoms with Crippen LogP contribution in [0.4, 0.5) is 19.0 Å². The molecule has 0 saturated heterocycles. The average molecular weight is 325 g/mol. The van der Waals surface area contributed by atoms with E-state index in [1.807, 2.05) is 6.07 Å². The van der Waals surface area contributed by atoms with Gasteiger partial charge in [0.25, 0.3) is 0 Å². The quantitative estimate of drug-likeness (QED) is 0.764. The molecule has 3 nitrogen and oxygen atoms in total. The Morgan fingerprint density at radius 2 is 1.54 bits per heavy atom. The highest BCUT2D eigenvalue weighted by Crippen LogP contribution is 2.33. The molecule has 6 heteroatoms. The van der Waals surface area contributed by atoms with Crippen LogP contribution in [0.25, 0.3) is 22.4 Å². The lowest BCUT2D eigenvalue weighted by Gasteiger charge is -2.11. The number of halogens is 3. The third-order valence-corrected chi connectivity index (χ3v) is 3.52. The van der Waals surface area contributed by atoms with Crippen LogP contribution in [0, 0.1) is 28.8 Å². The molecule has 0 bridgehead atoms. The van der Waals surface area contributed by atoms with Gasteiger partial charge in [0.2, 0.25) is 0 Å². The fourth-order valence-electron chi connectivity index (χ4n) is 2.37. The van der Waals surface area contributed by atoms with E-state index in [9.17, 15) is 18.4 Å². The maximum atomic E-state index is 14.1. The van der Waals surface area contributed by atoms with E-state index in [0.29, 0.717) is 11.3 Å². The molecule has 0 saturated carbocycles. The third kappa shape index (κ3) is 2.79. The zero-order valence-electron chi connectivity index (χ0n) is 12.2. The third-order valence-electron chi connectivity index (χ3n) is 3.52. The van der Waals surface area contributed by atoms with Crippen LogP contribution in [-0.4, -0.2) is 4.98 Å². The van der Waals surface area contributed by atoms with Gasteiger partial charge in [0.05, 0.1) is 5.69 Å². The highest BCUT2D eigenvalue weighted by molar-refractivity contribution is 5.80. The highest BCUT2D eigenvalue weighted by atomic mass is 19.1. The van der Waals surface area contributed by atoms with Crippen LogP contribution >= 0.6 is 0 Å². The number of rotatable bonds is 2. The second-order valence-corrected chi connectivity index (χ2v) is 5.06. The van der Waals surface area contributed by atoms with E-state index < -0.39 is 17.5 Å². The number of aromatic nitrogens is 1. The first kappa shape index (κ1) is 15.6. The molecular weight excluding hydrogens is 315 g/mol. The van der Waals surface area contributed by atoms with Gasteiger partial charge in [-0.15, -0.1) is 0 Å². The zero-order chi connectivity index (χ0) is 17.3. The molecule has 0 aliphatic rings. The maximum absolute atomic E-state index is 14.1. The van der Waals surface area contributed by atoms with E-state index in [1.165, 1.54) is 30.3 Å². The number of hydrogen-bond acceptors (Lipinski definition) is 3. The number of hydrogen-bond donors (Lipinski definition) is 1. The van der Waals surface area contributed by atoms with E-state index >= 15 is 0 Å². The first-order valence-electron chi connectivity index (χ1n) is 6.91. The summed E-state index contributed by atoms with van der Waals surface area (Å²) >= 11 is 0. The molecule has 0 amide bonds. The molecule has 0 spiro atoms. The van der Waals surface area contributed by atoms with Crippen LogP contribution in [0.5, 0.6) is 0 Å². The van der Waals surface area contributed by atoms with Gasteiger partial charge in [0, 0.05) is 16.7 Å². The molecule has 0 atom stereocenters. The predicted molar refractivity (Wildman–Crippen MR) is 84.1 cm³/mol. The van der Waals surface area contributed by atoms with Gasteiger partial charge in [-0.05, 0) is 48.5 Å². The first-order valence-corrected chi connectivity index (χ1v) is 6.91. The standard InChI is InChI=1S/C18H10F3N3/c19-11-3-1-10(2-4-11)17-8-13(15(9-22)18(23)24-17)14-7-12(20)5-6-16(14)21/h1-8H,(H2,23,24). The Morgan fingerprint density at radius 3 is 2.21 bits per heavy atom. The summed E-state index contributed by atoms with van der Waals surface area (Å²) in [4.78, 5) is 4.10. The SMILES string of the molecule is N#Cc1c(-c2cc(F)ccc2F)cc(-c2ccc(F)cc2)nc1N. The number of anilines is 1. The largest absolute Gasteiger partial charge is 0.383 e. The topological polar surface area (TPSA) is 62.7 Å². The summed E-state index contributed by atoms with van der Waals surface area (Å²) in [6, 6.07) is 11.7. The van der Waals surface area contributed by atoms with Crippen molar-refractivity contribution in [1.82, 2.24) is 4.98 Å². The minimum absolute atomic E-state index is 0.0506. The molecule has 0 aliphatic heterocycles. The van der Waals surface area contributed by atoms with Gasteiger partial charge >= 0.3 is 0 Å². The van der Waals surface area contributed by atoms with Crippen molar-refractivity contribution in [3.05, 3.63) is 71.5 Å². The number of pyridine rings is 1. The predicted octanol–water partition coefficient (Wildman–Crippen LogP) is 4.29. The molecule has 2 aromatic carbocycles. The lowest BCUT2D eigenvalue weighted by Crippen LogP contribution is -2.01. The van der Waals surface area contributed by atoms with Crippen molar-refractivity contribution in [2.45, 2.75) is 0 Å². The number of nitriles is 1. The Balaban J connectivity index is 2.27. The molecule has 0 fully saturated rings. The molecule has 0 radical (unpaired) electrons. The van der Waals surface area contributed by atoms with Crippen molar-refractivity contribution in [3.8, 4) is 28.5 Å². The van der Waals surface area contributed by atoms with E-state index in [4.69, 9.17) is 5.73 Å². The molecule has 2 N–H and O–H groups in total. The van der Waals surface area contributed by atoms with Gasteiger partial charge in [-0.25, -0.2) is 18.2 Å². The summed E-state index contributed by atoms with van der Waals surface area (Å²) in [5.41, 5.74) is 6.64. The van der Waals surface area contributed by atoms with Gasteiger partial charge in [-0.1, -0.05) is 0 Å². The van der Waals surface area contributed by atoms with Crippen LogP contribution < -0.4 is 5.73 Å². The molecule has 1 heterocycles. The summed E-state index contributed by atoms with van der Waals surface area (Å²) in [5, 5.41) is 9.28. The summed E-state index contributed by atoms with van der Waals surface area (Å²) in [6.45, 7) is 0. The Hall–Kier alpha value is -3.33. The van der Waals surface area contributed by atoms with Crippen LogP contribution in [0.3, 0.4) is 0 Å².